The van der Waals surface area contributed by atoms with E-state index in [1.165, 1.54) is 6.42 Å². The Labute approximate surface area is 113 Å². The van der Waals surface area contributed by atoms with Gasteiger partial charge in [0.05, 0.1) is 0 Å². The molecule has 3 heteroatoms. The van der Waals surface area contributed by atoms with Gasteiger partial charge in [-0.05, 0) is 36.2 Å². The van der Waals surface area contributed by atoms with Crippen LogP contribution in [0.1, 0.15) is 23.2 Å². The first-order valence-corrected chi connectivity index (χ1v) is 6.84. The summed E-state index contributed by atoms with van der Waals surface area (Å²) < 4.78 is 0. The van der Waals surface area contributed by atoms with Gasteiger partial charge in [-0.1, -0.05) is 36.4 Å². The molecule has 1 saturated heterocycles. The van der Waals surface area contributed by atoms with E-state index in [0.29, 0.717) is 12.6 Å². The normalized spacial score (nSPS) is 18.6. The molecule has 2 N–H and O–H groups in total. The van der Waals surface area contributed by atoms with Gasteiger partial charge in [0.1, 0.15) is 0 Å². The number of hydrogen-bond acceptors (Lipinski definition) is 2. The van der Waals surface area contributed by atoms with Gasteiger partial charge in [-0.3, -0.25) is 4.79 Å². The summed E-state index contributed by atoms with van der Waals surface area (Å²) in [5.41, 5.74) is 0.760. The summed E-state index contributed by atoms with van der Waals surface area (Å²) in [6, 6.07) is 14.3. The molecule has 2 aromatic carbocycles. The van der Waals surface area contributed by atoms with E-state index in [9.17, 15) is 4.79 Å². The number of carbonyl (C=O) groups is 1. The van der Waals surface area contributed by atoms with Crippen molar-refractivity contribution < 1.29 is 4.79 Å². The van der Waals surface area contributed by atoms with Gasteiger partial charge in [0.15, 0.2) is 0 Å². The molecule has 0 spiro atoms. The zero-order valence-electron chi connectivity index (χ0n) is 10.9. The Bertz CT molecular complexity index is 583. The lowest BCUT2D eigenvalue weighted by Gasteiger charge is -2.12. The van der Waals surface area contributed by atoms with Crippen molar-refractivity contribution in [3.8, 4) is 0 Å². The van der Waals surface area contributed by atoms with Crippen LogP contribution in [-0.2, 0) is 0 Å². The summed E-state index contributed by atoms with van der Waals surface area (Å²) in [6.45, 7) is 1.77. The summed E-state index contributed by atoms with van der Waals surface area (Å²) >= 11 is 0. The number of benzene rings is 2. The highest BCUT2D eigenvalue weighted by molar-refractivity contribution is 6.06. The lowest BCUT2D eigenvalue weighted by molar-refractivity contribution is 0.0952. The summed E-state index contributed by atoms with van der Waals surface area (Å²) in [5.74, 6) is 0.0190. The van der Waals surface area contributed by atoms with E-state index in [1.807, 2.05) is 42.5 Å². The first-order valence-electron chi connectivity index (χ1n) is 6.84. The average Bonchev–Trinajstić information content (AvgIpc) is 2.97. The van der Waals surface area contributed by atoms with Crippen molar-refractivity contribution in [2.75, 3.05) is 13.1 Å². The minimum absolute atomic E-state index is 0.0190. The largest absolute Gasteiger partial charge is 0.350 e. The third-order valence-electron chi connectivity index (χ3n) is 3.71. The van der Waals surface area contributed by atoms with Gasteiger partial charge in [0, 0.05) is 18.2 Å². The summed E-state index contributed by atoms with van der Waals surface area (Å²) in [4.78, 5) is 12.3. The maximum absolute atomic E-state index is 12.3. The Morgan fingerprint density at radius 3 is 2.89 bits per heavy atom. The average molecular weight is 254 g/mol. The maximum Gasteiger partial charge on any atom is 0.251 e. The lowest BCUT2D eigenvalue weighted by Crippen LogP contribution is -2.37. The molecule has 0 saturated carbocycles. The molecule has 1 unspecified atom stereocenters. The highest BCUT2D eigenvalue weighted by atomic mass is 16.1. The first-order chi connectivity index (χ1) is 9.34. The van der Waals surface area contributed by atoms with Crippen molar-refractivity contribution in [1.82, 2.24) is 10.6 Å². The van der Waals surface area contributed by atoms with Crippen LogP contribution in [0.3, 0.4) is 0 Å². The predicted molar refractivity (Wildman–Crippen MR) is 77.3 cm³/mol. The van der Waals surface area contributed by atoms with Crippen LogP contribution in [-0.4, -0.2) is 25.0 Å². The number of fused-ring (bicyclic) bond motifs is 1. The van der Waals surface area contributed by atoms with Crippen LogP contribution in [0.5, 0.6) is 0 Å². The van der Waals surface area contributed by atoms with Crippen molar-refractivity contribution in [1.29, 1.82) is 0 Å². The molecule has 1 aliphatic heterocycles. The van der Waals surface area contributed by atoms with E-state index >= 15 is 0 Å². The molecule has 1 atom stereocenters. The Balaban J connectivity index is 1.77. The Morgan fingerprint density at radius 2 is 2.05 bits per heavy atom. The zero-order chi connectivity index (χ0) is 13.1. The van der Waals surface area contributed by atoms with Crippen molar-refractivity contribution in [2.45, 2.75) is 18.9 Å². The van der Waals surface area contributed by atoms with Gasteiger partial charge in [0.2, 0.25) is 0 Å². The van der Waals surface area contributed by atoms with Crippen LogP contribution in [0.15, 0.2) is 42.5 Å². The number of hydrogen-bond donors (Lipinski definition) is 2. The second kappa shape index (κ2) is 5.41. The van der Waals surface area contributed by atoms with Gasteiger partial charge in [-0.2, -0.15) is 0 Å². The highest BCUT2D eigenvalue weighted by Crippen LogP contribution is 2.18. The van der Waals surface area contributed by atoms with Crippen molar-refractivity contribution >= 4 is 16.7 Å². The molecule has 3 nitrogen and oxygen atoms in total. The van der Waals surface area contributed by atoms with Crippen LogP contribution in [0.2, 0.25) is 0 Å². The molecular formula is C16H18N2O. The Kier molecular flexibility index (Phi) is 3.47. The lowest BCUT2D eigenvalue weighted by atomic mass is 10.0. The molecule has 0 aliphatic carbocycles. The van der Waals surface area contributed by atoms with Crippen molar-refractivity contribution in [3.05, 3.63) is 48.0 Å². The van der Waals surface area contributed by atoms with Crippen molar-refractivity contribution in [2.24, 2.45) is 0 Å². The topological polar surface area (TPSA) is 41.1 Å². The minimum atomic E-state index is 0.0190. The number of carbonyl (C=O) groups excluding carboxylic acids is 1. The Morgan fingerprint density at radius 1 is 1.21 bits per heavy atom. The molecule has 0 bridgehead atoms. The quantitative estimate of drug-likeness (QED) is 0.882. The van der Waals surface area contributed by atoms with Gasteiger partial charge < -0.3 is 10.6 Å². The third kappa shape index (κ3) is 2.61. The smallest absolute Gasteiger partial charge is 0.251 e. The molecule has 1 amide bonds. The van der Waals surface area contributed by atoms with Gasteiger partial charge >= 0.3 is 0 Å². The van der Waals surface area contributed by atoms with Gasteiger partial charge in [-0.25, -0.2) is 0 Å². The van der Waals surface area contributed by atoms with E-state index in [0.717, 1.165) is 29.3 Å². The Hall–Kier alpha value is -1.87. The molecule has 0 aromatic heterocycles. The standard InChI is InChI=1S/C16H18N2O/c19-16(18-11-13-7-4-10-17-13)15-9-3-6-12-5-1-2-8-14(12)15/h1-3,5-6,8-9,13,17H,4,7,10-11H2,(H,18,19). The maximum atomic E-state index is 12.3. The molecule has 3 rings (SSSR count). The van der Waals surface area contributed by atoms with Gasteiger partial charge in [0.25, 0.3) is 5.91 Å². The van der Waals surface area contributed by atoms with E-state index < -0.39 is 0 Å². The highest BCUT2D eigenvalue weighted by Gasteiger charge is 2.16. The molecule has 98 valence electrons. The fraction of sp³-hybridized carbons (Fsp3) is 0.312. The second-order valence-corrected chi connectivity index (χ2v) is 5.03. The molecule has 19 heavy (non-hydrogen) atoms. The predicted octanol–water partition coefficient (Wildman–Crippen LogP) is 2.32. The van der Waals surface area contributed by atoms with Crippen LogP contribution in [0.4, 0.5) is 0 Å². The SMILES string of the molecule is O=C(NCC1CCCN1)c1cccc2ccccc12. The summed E-state index contributed by atoms with van der Waals surface area (Å²) in [5, 5.41) is 8.54. The van der Waals surface area contributed by atoms with Crippen molar-refractivity contribution in [3.63, 3.8) is 0 Å². The minimum Gasteiger partial charge on any atom is -0.350 e. The summed E-state index contributed by atoms with van der Waals surface area (Å²) in [7, 11) is 0. The molecule has 0 radical (unpaired) electrons. The number of amides is 1. The zero-order valence-corrected chi connectivity index (χ0v) is 10.9. The fourth-order valence-electron chi connectivity index (χ4n) is 2.67. The van der Waals surface area contributed by atoms with Crippen LogP contribution in [0.25, 0.3) is 10.8 Å². The number of nitrogens with one attached hydrogen (secondary N) is 2. The molecular weight excluding hydrogens is 236 g/mol. The van der Waals surface area contributed by atoms with E-state index in [-0.39, 0.29) is 5.91 Å². The van der Waals surface area contributed by atoms with Crippen LogP contribution < -0.4 is 10.6 Å². The second-order valence-electron chi connectivity index (χ2n) is 5.03. The first kappa shape index (κ1) is 12.2. The third-order valence-corrected chi connectivity index (χ3v) is 3.71. The van der Waals surface area contributed by atoms with E-state index in [2.05, 4.69) is 10.6 Å². The monoisotopic (exact) mass is 254 g/mol. The van der Waals surface area contributed by atoms with Crippen LogP contribution in [0, 0.1) is 0 Å². The summed E-state index contributed by atoms with van der Waals surface area (Å²) in [6.07, 6.45) is 2.35. The molecule has 1 fully saturated rings. The number of rotatable bonds is 3. The van der Waals surface area contributed by atoms with Crippen LogP contribution >= 0.6 is 0 Å². The fourth-order valence-corrected chi connectivity index (χ4v) is 2.67. The molecule has 1 heterocycles. The van der Waals surface area contributed by atoms with E-state index in [4.69, 9.17) is 0 Å². The van der Waals surface area contributed by atoms with E-state index in [1.54, 1.807) is 0 Å². The molecule has 2 aromatic rings. The molecule has 1 aliphatic rings. The van der Waals surface area contributed by atoms with Gasteiger partial charge in [-0.15, -0.1) is 0 Å².